The van der Waals surface area contributed by atoms with E-state index in [9.17, 15) is 18.0 Å². The van der Waals surface area contributed by atoms with Crippen molar-refractivity contribution in [2.24, 2.45) is 0 Å². The minimum Gasteiger partial charge on any atom is -0.371 e. The van der Waals surface area contributed by atoms with E-state index in [0.29, 0.717) is 5.69 Å². The molecule has 0 bridgehead atoms. The van der Waals surface area contributed by atoms with Crippen molar-refractivity contribution < 1.29 is 18.0 Å². The Morgan fingerprint density at radius 2 is 1.56 bits per heavy atom. The van der Waals surface area contributed by atoms with E-state index in [-0.39, 0.29) is 32.3 Å². The van der Waals surface area contributed by atoms with Crippen LogP contribution in [0.2, 0.25) is 0 Å². The number of hydrogen-bond donors (Lipinski definition) is 1. The minimum absolute atomic E-state index is 0.0238. The molecule has 6 nitrogen and oxygen atoms in total. The first-order chi connectivity index (χ1) is 15.4. The smallest absolute Gasteiger partial charge is 0.255 e. The number of ketones is 1. The third-order valence-electron chi connectivity index (χ3n) is 6.02. The highest BCUT2D eigenvalue weighted by atomic mass is 32.2. The van der Waals surface area contributed by atoms with Gasteiger partial charge >= 0.3 is 0 Å². The van der Waals surface area contributed by atoms with E-state index in [1.807, 2.05) is 18.2 Å². The number of carbonyl (C=O) groups is 2. The lowest BCUT2D eigenvalue weighted by Crippen LogP contribution is -2.29. The van der Waals surface area contributed by atoms with E-state index < -0.39 is 15.7 Å². The molecule has 1 amide bonds. The van der Waals surface area contributed by atoms with Crippen LogP contribution in [0.25, 0.3) is 0 Å². The van der Waals surface area contributed by atoms with Gasteiger partial charge in [0.25, 0.3) is 5.91 Å². The van der Waals surface area contributed by atoms with Gasteiger partial charge in [-0.15, -0.1) is 0 Å². The van der Waals surface area contributed by atoms with Crippen molar-refractivity contribution in [2.75, 3.05) is 23.3 Å². The number of piperidine rings is 1. The molecule has 0 radical (unpaired) electrons. The number of anilines is 2. The summed E-state index contributed by atoms with van der Waals surface area (Å²) in [7, 11) is -3.89. The Kier molecular flexibility index (Phi) is 5.06. The monoisotopic (exact) mass is 446 g/mol. The second-order valence-corrected chi connectivity index (χ2v) is 9.98. The van der Waals surface area contributed by atoms with Crippen LogP contribution in [0.5, 0.6) is 0 Å². The molecule has 3 aromatic rings. The van der Waals surface area contributed by atoms with Crippen molar-refractivity contribution >= 4 is 32.9 Å². The normalized spacial score (nSPS) is 16.8. The van der Waals surface area contributed by atoms with Crippen molar-refractivity contribution in [1.29, 1.82) is 0 Å². The van der Waals surface area contributed by atoms with Crippen molar-refractivity contribution in [3.8, 4) is 0 Å². The first kappa shape index (κ1) is 20.5. The molecule has 1 saturated heterocycles. The number of benzene rings is 3. The number of sulfone groups is 1. The Balaban J connectivity index is 1.44. The van der Waals surface area contributed by atoms with Gasteiger partial charge in [0, 0.05) is 41.2 Å². The Morgan fingerprint density at radius 3 is 2.38 bits per heavy atom. The van der Waals surface area contributed by atoms with Crippen LogP contribution in [0.3, 0.4) is 0 Å². The third kappa shape index (κ3) is 3.48. The largest absolute Gasteiger partial charge is 0.371 e. The second kappa shape index (κ2) is 7.91. The fraction of sp³-hybridized carbons (Fsp3) is 0.200. The summed E-state index contributed by atoms with van der Waals surface area (Å²) in [6.45, 7) is 1.99. The number of fused-ring (bicyclic) bond motifs is 2. The van der Waals surface area contributed by atoms with E-state index >= 15 is 0 Å². The van der Waals surface area contributed by atoms with E-state index in [2.05, 4.69) is 10.2 Å². The van der Waals surface area contributed by atoms with E-state index in [1.54, 1.807) is 18.2 Å². The fourth-order valence-corrected chi connectivity index (χ4v) is 6.04. The van der Waals surface area contributed by atoms with E-state index in [0.717, 1.165) is 31.6 Å². The molecule has 5 rings (SSSR count). The molecule has 2 heterocycles. The fourth-order valence-electron chi connectivity index (χ4n) is 4.36. The predicted molar refractivity (Wildman–Crippen MR) is 122 cm³/mol. The number of nitrogens with zero attached hydrogens (tertiary/aromatic N) is 1. The molecule has 0 spiro atoms. The lowest BCUT2D eigenvalue weighted by molar-refractivity contribution is 0.101. The van der Waals surface area contributed by atoms with Crippen LogP contribution in [-0.4, -0.2) is 33.2 Å². The van der Waals surface area contributed by atoms with Gasteiger partial charge < -0.3 is 10.2 Å². The SMILES string of the molecule is O=C(Nc1cccc(N2CCCCC2)c1)c1ccc2c(c1)S(=O)(=O)c1ccccc1C2=O. The second-order valence-electron chi connectivity index (χ2n) is 8.09. The van der Waals surface area contributed by atoms with E-state index in [4.69, 9.17) is 0 Å². The molecule has 0 unspecified atom stereocenters. The van der Waals surface area contributed by atoms with Gasteiger partial charge in [-0.25, -0.2) is 8.42 Å². The molecule has 2 aliphatic rings. The van der Waals surface area contributed by atoms with E-state index in [1.165, 1.54) is 36.8 Å². The summed E-state index contributed by atoms with van der Waals surface area (Å²) in [4.78, 5) is 27.9. The summed E-state index contributed by atoms with van der Waals surface area (Å²) in [6.07, 6.45) is 3.55. The molecule has 0 saturated carbocycles. The van der Waals surface area contributed by atoms with Gasteiger partial charge in [0.05, 0.1) is 9.79 Å². The van der Waals surface area contributed by atoms with Gasteiger partial charge in [-0.1, -0.05) is 18.2 Å². The summed E-state index contributed by atoms with van der Waals surface area (Å²) in [5.41, 5.74) is 2.12. The average molecular weight is 447 g/mol. The first-order valence-electron chi connectivity index (χ1n) is 10.6. The topological polar surface area (TPSA) is 83.6 Å². The predicted octanol–water partition coefficient (Wildman–Crippen LogP) is 4.31. The molecular formula is C25H22N2O4S. The Bertz CT molecular complexity index is 1340. The van der Waals surface area contributed by atoms with Crippen molar-refractivity contribution in [1.82, 2.24) is 0 Å². The van der Waals surface area contributed by atoms with Gasteiger partial charge in [-0.05, 0) is 67.8 Å². The van der Waals surface area contributed by atoms with Crippen LogP contribution >= 0.6 is 0 Å². The molecule has 0 atom stereocenters. The summed E-state index contributed by atoms with van der Waals surface area (Å²) in [5, 5.41) is 2.86. The Labute approximate surface area is 186 Å². The highest BCUT2D eigenvalue weighted by molar-refractivity contribution is 7.91. The maximum Gasteiger partial charge on any atom is 0.255 e. The summed E-state index contributed by atoms with van der Waals surface area (Å²) in [6, 6.07) is 18.0. The highest BCUT2D eigenvalue weighted by Crippen LogP contribution is 2.35. The van der Waals surface area contributed by atoms with Crippen LogP contribution in [0, 0.1) is 0 Å². The van der Waals surface area contributed by atoms with Crippen LogP contribution in [0.1, 0.15) is 45.5 Å². The summed E-state index contributed by atoms with van der Waals surface area (Å²) >= 11 is 0. The third-order valence-corrected chi connectivity index (χ3v) is 7.88. The molecule has 2 aliphatic heterocycles. The van der Waals surface area contributed by atoms with Gasteiger partial charge in [0.2, 0.25) is 9.84 Å². The molecule has 162 valence electrons. The molecule has 1 N–H and O–H groups in total. The summed E-state index contributed by atoms with van der Waals surface area (Å²) < 4.78 is 26.2. The van der Waals surface area contributed by atoms with Crippen LogP contribution in [0.4, 0.5) is 11.4 Å². The maximum absolute atomic E-state index is 13.1. The average Bonchev–Trinajstić information content (AvgIpc) is 2.83. The molecule has 3 aromatic carbocycles. The van der Waals surface area contributed by atoms with Gasteiger partial charge in [0.1, 0.15) is 0 Å². The molecule has 32 heavy (non-hydrogen) atoms. The zero-order chi connectivity index (χ0) is 22.3. The van der Waals surface area contributed by atoms with Crippen molar-refractivity contribution in [2.45, 2.75) is 29.1 Å². The van der Waals surface area contributed by atoms with Crippen LogP contribution in [0.15, 0.2) is 76.5 Å². The van der Waals surface area contributed by atoms with Gasteiger partial charge in [-0.3, -0.25) is 9.59 Å². The van der Waals surface area contributed by atoms with Gasteiger partial charge in [0.15, 0.2) is 5.78 Å². The Morgan fingerprint density at radius 1 is 0.812 bits per heavy atom. The number of rotatable bonds is 3. The lowest BCUT2D eigenvalue weighted by Gasteiger charge is -2.29. The molecule has 0 aliphatic carbocycles. The molecule has 0 aromatic heterocycles. The number of nitrogens with one attached hydrogen (secondary N) is 1. The standard InChI is InChI=1S/C25H22N2O4S/c28-24-20-9-2-3-10-22(20)32(30,31)23-15-17(11-12-21(23)24)25(29)26-18-7-6-8-19(16-18)27-13-4-1-5-14-27/h2-3,6-12,15-16H,1,4-5,13-14H2,(H,26,29). The van der Waals surface area contributed by atoms with Crippen molar-refractivity contribution in [3.63, 3.8) is 0 Å². The Hall–Kier alpha value is -3.45. The molecule has 7 heteroatoms. The van der Waals surface area contributed by atoms with Crippen LogP contribution in [-0.2, 0) is 9.84 Å². The number of amides is 1. The zero-order valence-corrected chi connectivity index (χ0v) is 18.2. The number of hydrogen-bond acceptors (Lipinski definition) is 5. The van der Waals surface area contributed by atoms with Gasteiger partial charge in [-0.2, -0.15) is 0 Å². The first-order valence-corrected chi connectivity index (χ1v) is 12.1. The minimum atomic E-state index is -3.89. The lowest BCUT2D eigenvalue weighted by atomic mass is 10.0. The number of carbonyl (C=O) groups excluding carboxylic acids is 2. The zero-order valence-electron chi connectivity index (χ0n) is 17.4. The molecule has 1 fully saturated rings. The highest BCUT2D eigenvalue weighted by Gasteiger charge is 2.35. The molecular weight excluding hydrogens is 424 g/mol. The van der Waals surface area contributed by atoms with Crippen LogP contribution < -0.4 is 10.2 Å². The quantitative estimate of drug-likeness (QED) is 0.507. The summed E-state index contributed by atoms with van der Waals surface area (Å²) in [5.74, 6) is -0.781. The maximum atomic E-state index is 13.1. The van der Waals surface area contributed by atoms with Crippen molar-refractivity contribution in [3.05, 3.63) is 83.4 Å².